The van der Waals surface area contributed by atoms with Gasteiger partial charge in [-0.1, -0.05) is 36.4 Å². The highest BCUT2D eigenvalue weighted by Gasteiger charge is 2.33. The molecule has 0 radical (unpaired) electrons. The van der Waals surface area contributed by atoms with E-state index < -0.39 is 26.6 Å². The Balaban J connectivity index is 1.60. The maximum Gasteiger partial charge on any atom is 0.249 e. The Labute approximate surface area is 162 Å². The average Bonchev–Trinajstić information content (AvgIpc) is 2.67. The van der Waals surface area contributed by atoms with Gasteiger partial charge in [0.2, 0.25) is 10.0 Å². The van der Waals surface area contributed by atoms with Gasteiger partial charge in [0.15, 0.2) is 10.0 Å². The number of hydrogen-bond donors (Lipinski definition) is 1. The Morgan fingerprint density at radius 2 is 1.56 bits per heavy atom. The zero-order valence-corrected chi connectivity index (χ0v) is 16.1. The first-order chi connectivity index (χ1) is 12.9. The molecule has 1 saturated heterocycles. The lowest BCUT2D eigenvalue weighted by molar-refractivity contribution is 0.262. The normalized spacial score (nSPS) is 15.6. The van der Waals surface area contributed by atoms with Crippen LogP contribution < -0.4 is 5.32 Å². The van der Waals surface area contributed by atoms with E-state index in [1.165, 1.54) is 0 Å². The lowest BCUT2D eigenvalue weighted by Gasteiger charge is -2.35. The van der Waals surface area contributed by atoms with Crippen LogP contribution in [0.25, 0.3) is 0 Å². The first-order valence-electron chi connectivity index (χ1n) is 8.40. The molecule has 0 bridgehead atoms. The van der Waals surface area contributed by atoms with E-state index in [0.717, 1.165) is 28.1 Å². The van der Waals surface area contributed by atoms with Crippen LogP contribution >= 0.6 is 12.2 Å². The summed E-state index contributed by atoms with van der Waals surface area (Å²) in [5, 5.41) is 3.66. The van der Waals surface area contributed by atoms with Gasteiger partial charge >= 0.3 is 0 Å². The fourth-order valence-electron chi connectivity index (χ4n) is 2.87. The Morgan fingerprint density at radius 3 is 2.15 bits per heavy atom. The van der Waals surface area contributed by atoms with Gasteiger partial charge in [0.25, 0.3) is 0 Å². The van der Waals surface area contributed by atoms with Crippen LogP contribution in [0.1, 0.15) is 5.56 Å². The van der Waals surface area contributed by atoms with Gasteiger partial charge in [-0.05, 0) is 29.9 Å². The van der Waals surface area contributed by atoms with Gasteiger partial charge < -0.3 is 10.2 Å². The molecule has 1 aliphatic rings. The molecule has 0 aliphatic carbocycles. The fourth-order valence-corrected chi connectivity index (χ4v) is 4.66. The molecule has 27 heavy (non-hydrogen) atoms. The van der Waals surface area contributed by atoms with E-state index >= 15 is 0 Å². The van der Waals surface area contributed by atoms with Gasteiger partial charge in [-0.15, -0.1) is 0 Å². The smallest absolute Gasteiger partial charge is 0.249 e. The first kappa shape index (κ1) is 19.7. The standard InChI is InChI=1S/C18H19F2N3O2S2/c19-15-7-4-8-16(20)17(15)27(24,25)23-11-9-22(10-12-23)18(26)21-13-14-5-2-1-3-6-14/h1-8H,9-13H2,(H,21,26). The quantitative estimate of drug-likeness (QED) is 0.783. The summed E-state index contributed by atoms with van der Waals surface area (Å²) in [5.74, 6) is -2.17. The van der Waals surface area contributed by atoms with Crippen LogP contribution in [0.2, 0.25) is 0 Å². The lowest BCUT2D eigenvalue weighted by Crippen LogP contribution is -2.53. The summed E-state index contributed by atoms with van der Waals surface area (Å²) in [5.41, 5.74) is 1.08. The van der Waals surface area contributed by atoms with E-state index in [1.54, 1.807) is 0 Å². The summed E-state index contributed by atoms with van der Waals surface area (Å²) in [6, 6.07) is 12.8. The highest BCUT2D eigenvalue weighted by Crippen LogP contribution is 2.23. The van der Waals surface area contributed by atoms with Crippen LogP contribution in [-0.2, 0) is 16.6 Å². The molecule has 1 heterocycles. The second kappa shape index (κ2) is 8.28. The molecule has 1 N–H and O–H groups in total. The second-order valence-electron chi connectivity index (χ2n) is 6.09. The van der Waals surface area contributed by atoms with Gasteiger partial charge in [0.05, 0.1) is 0 Å². The Bertz CT molecular complexity index is 895. The van der Waals surface area contributed by atoms with Crippen LogP contribution in [0.5, 0.6) is 0 Å². The molecule has 0 unspecified atom stereocenters. The van der Waals surface area contributed by atoms with Crippen LogP contribution in [0.15, 0.2) is 53.4 Å². The van der Waals surface area contributed by atoms with Crippen molar-refractivity contribution in [3.8, 4) is 0 Å². The van der Waals surface area contributed by atoms with E-state index in [-0.39, 0.29) is 13.1 Å². The number of benzene rings is 2. The Kier molecular flexibility index (Phi) is 6.03. The molecule has 0 spiro atoms. The third-order valence-electron chi connectivity index (χ3n) is 4.33. The predicted molar refractivity (Wildman–Crippen MR) is 103 cm³/mol. The van der Waals surface area contributed by atoms with E-state index in [2.05, 4.69) is 5.32 Å². The predicted octanol–water partition coefficient (Wildman–Crippen LogP) is 2.35. The zero-order chi connectivity index (χ0) is 19.4. The van der Waals surface area contributed by atoms with Crippen LogP contribution in [0.3, 0.4) is 0 Å². The van der Waals surface area contributed by atoms with Crippen molar-refractivity contribution in [3.05, 3.63) is 65.7 Å². The van der Waals surface area contributed by atoms with E-state index in [4.69, 9.17) is 12.2 Å². The number of hydrogen-bond acceptors (Lipinski definition) is 3. The molecule has 0 saturated carbocycles. The summed E-state index contributed by atoms with van der Waals surface area (Å²) >= 11 is 5.37. The molecule has 144 valence electrons. The summed E-state index contributed by atoms with van der Waals surface area (Å²) < 4.78 is 54.0. The number of nitrogens with one attached hydrogen (secondary N) is 1. The molecular weight excluding hydrogens is 392 g/mol. The molecule has 3 rings (SSSR count). The number of rotatable bonds is 4. The molecule has 2 aromatic carbocycles. The van der Waals surface area contributed by atoms with Gasteiger partial charge in [-0.25, -0.2) is 17.2 Å². The molecule has 1 fully saturated rings. The highest BCUT2D eigenvalue weighted by atomic mass is 32.2. The number of thiocarbonyl (C=S) groups is 1. The number of piperazine rings is 1. The summed E-state index contributed by atoms with van der Waals surface area (Å²) in [4.78, 5) is 0.949. The summed E-state index contributed by atoms with van der Waals surface area (Å²) in [6.45, 7) is 1.46. The molecule has 0 amide bonds. The molecule has 1 aliphatic heterocycles. The third kappa shape index (κ3) is 4.42. The Hall–Kier alpha value is -2.10. The maximum atomic E-state index is 13.9. The van der Waals surface area contributed by atoms with Crippen molar-refractivity contribution in [2.45, 2.75) is 11.4 Å². The van der Waals surface area contributed by atoms with Crippen molar-refractivity contribution in [2.24, 2.45) is 0 Å². The largest absolute Gasteiger partial charge is 0.358 e. The fraction of sp³-hybridized carbons (Fsp3) is 0.278. The van der Waals surface area contributed by atoms with Crippen molar-refractivity contribution < 1.29 is 17.2 Å². The van der Waals surface area contributed by atoms with Crippen LogP contribution in [0, 0.1) is 11.6 Å². The minimum atomic E-state index is -4.23. The minimum Gasteiger partial charge on any atom is -0.358 e. The van der Waals surface area contributed by atoms with Crippen molar-refractivity contribution >= 4 is 27.4 Å². The highest BCUT2D eigenvalue weighted by molar-refractivity contribution is 7.89. The monoisotopic (exact) mass is 411 g/mol. The Morgan fingerprint density at radius 1 is 0.963 bits per heavy atom. The van der Waals surface area contributed by atoms with Crippen molar-refractivity contribution in [2.75, 3.05) is 26.2 Å². The van der Waals surface area contributed by atoms with Gasteiger partial charge in [-0.2, -0.15) is 4.31 Å². The van der Waals surface area contributed by atoms with Crippen molar-refractivity contribution in [1.29, 1.82) is 0 Å². The van der Waals surface area contributed by atoms with Gasteiger partial charge in [0.1, 0.15) is 11.6 Å². The molecular formula is C18H19F2N3O2S2. The first-order valence-corrected chi connectivity index (χ1v) is 10.3. The van der Waals surface area contributed by atoms with Crippen LogP contribution in [-0.4, -0.2) is 48.9 Å². The maximum absolute atomic E-state index is 13.9. The van der Waals surface area contributed by atoms with E-state index in [1.807, 2.05) is 35.2 Å². The molecule has 0 atom stereocenters. The van der Waals surface area contributed by atoms with Crippen molar-refractivity contribution in [3.63, 3.8) is 0 Å². The zero-order valence-electron chi connectivity index (χ0n) is 14.4. The SMILES string of the molecule is O=S(=O)(c1c(F)cccc1F)N1CCN(C(=S)NCc2ccccc2)CC1. The van der Waals surface area contributed by atoms with Gasteiger partial charge in [0, 0.05) is 32.7 Å². The second-order valence-corrected chi connectivity index (χ2v) is 8.35. The average molecular weight is 411 g/mol. The number of nitrogens with zero attached hydrogens (tertiary/aromatic N) is 2. The molecule has 9 heteroatoms. The third-order valence-corrected chi connectivity index (χ3v) is 6.68. The van der Waals surface area contributed by atoms with Crippen molar-refractivity contribution in [1.82, 2.24) is 14.5 Å². The summed E-state index contributed by atoms with van der Waals surface area (Å²) in [6.07, 6.45) is 0. The van der Waals surface area contributed by atoms with Gasteiger partial charge in [-0.3, -0.25) is 0 Å². The lowest BCUT2D eigenvalue weighted by atomic mass is 10.2. The molecule has 0 aromatic heterocycles. The topological polar surface area (TPSA) is 52.7 Å². The minimum absolute atomic E-state index is 0.100. The molecule has 5 nitrogen and oxygen atoms in total. The number of halogens is 2. The summed E-state index contributed by atoms with van der Waals surface area (Å²) in [7, 11) is -4.23. The van der Waals surface area contributed by atoms with E-state index in [9.17, 15) is 17.2 Å². The van der Waals surface area contributed by atoms with Crippen LogP contribution in [0.4, 0.5) is 8.78 Å². The molecule has 2 aromatic rings. The number of sulfonamides is 1. The van der Waals surface area contributed by atoms with E-state index in [0.29, 0.717) is 24.7 Å².